The van der Waals surface area contributed by atoms with E-state index < -0.39 is 11.3 Å². The number of para-hydroxylation sites is 1. The van der Waals surface area contributed by atoms with E-state index in [2.05, 4.69) is 5.32 Å². The Kier molecular flexibility index (Phi) is 3.16. The second-order valence-corrected chi connectivity index (χ2v) is 4.45. The first-order valence-electron chi connectivity index (χ1n) is 6.27. The highest BCUT2D eigenvalue weighted by atomic mass is 16.3. The second-order valence-electron chi connectivity index (χ2n) is 4.45. The lowest BCUT2D eigenvalue weighted by molar-refractivity contribution is 0.102. The van der Waals surface area contributed by atoms with E-state index in [4.69, 9.17) is 4.42 Å². The highest BCUT2D eigenvalue weighted by Gasteiger charge is 2.16. The summed E-state index contributed by atoms with van der Waals surface area (Å²) in [7, 11) is 0. The maximum absolute atomic E-state index is 12.3. The third kappa shape index (κ3) is 2.36. The van der Waals surface area contributed by atoms with Crippen LogP contribution in [-0.4, -0.2) is 11.0 Å². The number of phenolic OH excluding ortho intramolecular Hbond substituents is 1. The Balaban J connectivity index is 2.05. The number of carbonyl (C=O) groups excluding carboxylic acids is 1. The molecule has 1 aromatic heterocycles. The highest BCUT2D eigenvalue weighted by molar-refractivity contribution is 6.05. The van der Waals surface area contributed by atoms with Gasteiger partial charge in [-0.05, 0) is 24.3 Å². The number of benzene rings is 2. The van der Waals surface area contributed by atoms with E-state index in [1.54, 1.807) is 36.4 Å². The van der Waals surface area contributed by atoms with Crippen molar-refractivity contribution in [1.29, 1.82) is 0 Å². The van der Waals surface area contributed by atoms with Crippen molar-refractivity contribution in [3.63, 3.8) is 0 Å². The molecule has 3 aromatic rings. The second kappa shape index (κ2) is 5.13. The fraction of sp³-hybridized carbons (Fsp3) is 0. The number of nitrogens with one attached hydrogen (secondary N) is 1. The number of aromatic hydroxyl groups is 1. The summed E-state index contributed by atoms with van der Waals surface area (Å²) in [6.45, 7) is 0. The van der Waals surface area contributed by atoms with Crippen LogP contribution >= 0.6 is 0 Å². The largest absolute Gasteiger partial charge is 0.507 e. The molecule has 0 saturated carbocycles. The lowest BCUT2D eigenvalue weighted by Gasteiger charge is -2.05. The first-order chi connectivity index (χ1) is 10.2. The molecule has 1 heterocycles. The summed E-state index contributed by atoms with van der Waals surface area (Å²) < 4.78 is 5.24. The van der Waals surface area contributed by atoms with E-state index in [1.165, 1.54) is 6.07 Å². The van der Waals surface area contributed by atoms with Crippen LogP contribution in [0.3, 0.4) is 0 Å². The number of carbonyl (C=O) groups is 1. The lowest BCUT2D eigenvalue weighted by atomic mass is 10.1. The van der Waals surface area contributed by atoms with Crippen molar-refractivity contribution >= 4 is 22.6 Å². The average molecular weight is 281 g/mol. The summed E-state index contributed by atoms with van der Waals surface area (Å²) in [5, 5.41) is 12.4. The summed E-state index contributed by atoms with van der Waals surface area (Å²) in [6, 6.07) is 13.3. The highest BCUT2D eigenvalue weighted by Crippen LogP contribution is 2.21. The van der Waals surface area contributed by atoms with Gasteiger partial charge in [-0.3, -0.25) is 9.59 Å². The predicted octanol–water partition coefficient (Wildman–Crippen LogP) is 2.75. The van der Waals surface area contributed by atoms with E-state index in [0.717, 1.165) is 6.26 Å². The van der Waals surface area contributed by atoms with Crippen LogP contribution in [-0.2, 0) is 0 Å². The van der Waals surface area contributed by atoms with Crippen molar-refractivity contribution in [3.8, 4) is 5.75 Å². The molecule has 0 radical (unpaired) electrons. The molecule has 104 valence electrons. The van der Waals surface area contributed by atoms with Crippen LogP contribution in [0.2, 0.25) is 0 Å². The monoisotopic (exact) mass is 281 g/mol. The van der Waals surface area contributed by atoms with E-state index in [1.807, 2.05) is 6.07 Å². The lowest BCUT2D eigenvalue weighted by Crippen LogP contribution is -2.21. The van der Waals surface area contributed by atoms with Crippen LogP contribution in [0.4, 0.5) is 5.69 Å². The zero-order chi connectivity index (χ0) is 14.8. The van der Waals surface area contributed by atoms with Gasteiger partial charge in [0.15, 0.2) is 0 Å². The molecule has 1 amide bonds. The van der Waals surface area contributed by atoms with Crippen molar-refractivity contribution in [3.05, 3.63) is 70.6 Å². The van der Waals surface area contributed by atoms with Crippen LogP contribution in [0, 0.1) is 0 Å². The van der Waals surface area contributed by atoms with Crippen molar-refractivity contribution in [2.45, 2.75) is 0 Å². The molecule has 0 saturated heterocycles. The molecule has 0 aliphatic carbocycles. The van der Waals surface area contributed by atoms with Crippen molar-refractivity contribution in [1.82, 2.24) is 0 Å². The zero-order valence-electron chi connectivity index (χ0n) is 10.9. The summed E-state index contributed by atoms with van der Waals surface area (Å²) in [5.41, 5.74) is 0.0752. The first kappa shape index (κ1) is 12.9. The molecule has 0 fully saturated rings. The quantitative estimate of drug-likeness (QED) is 0.757. The minimum Gasteiger partial charge on any atom is -0.507 e. The molecular weight excluding hydrogens is 270 g/mol. The third-order valence-electron chi connectivity index (χ3n) is 3.06. The molecule has 3 rings (SSSR count). The number of fused-ring (bicyclic) bond motifs is 1. The fourth-order valence-corrected chi connectivity index (χ4v) is 2.03. The number of hydrogen-bond acceptors (Lipinski definition) is 4. The summed E-state index contributed by atoms with van der Waals surface area (Å²) in [5.74, 6) is -0.796. The third-order valence-corrected chi connectivity index (χ3v) is 3.06. The summed E-state index contributed by atoms with van der Waals surface area (Å²) >= 11 is 0. The first-order valence-corrected chi connectivity index (χ1v) is 6.27. The van der Waals surface area contributed by atoms with Crippen LogP contribution in [0.1, 0.15) is 10.4 Å². The van der Waals surface area contributed by atoms with Gasteiger partial charge in [-0.2, -0.15) is 0 Å². The number of hydrogen-bond donors (Lipinski definition) is 2. The van der Waals surface area contributed by atoms with E-state index in [-0.39, 0.29) is 22.3 Å². The van der Waals surface area contributed by atoms with Gasteiger partial charge >= 0.3 is 0 Å². The number of amides is 1. The van der Waals surface area contributed by atoms with Crippen LogP contribution in [0.15, 0.2) is 64.0 Å². The van der Waals surface area contributed by atoms with Gasteiger partial charge in [0.2, 0.25) is 5.43 Å². The van der Waals surface area contributed by atoms with Crippen LogP contribution < -0.4 is 10.7 Å². The molecule has 0 spiro atoms. The van der Waals surface area contributed by atoms with E-state index in [0.29, 0.717) is 5.69 Å². The van der Waals surface area contributed by atoms with Gasteiger partial charge in [-0.25, -0.2) is 0 Å². The van der Waals surface area contributed by atoms with Gasteiger partial charge in [0.25, 0.3) is 5.91 Å². The Labute approximate surface area is 119 Å². The van der Waals surface area contributed by atoms with E-state index >= 15 is 0 Å². The Morgan fingerprint density at radius 1 is 1.05 bits per heavy atom. The van der Waals surface area contributed by atoms with Gasteiger partial charge in [0, 0.05) is 5.69 Å². The Bertz CT molecular complexity index is 868. The maximum atomic E-state index is 12.3. The van der Waals surface area contributed by atoms with Crippen LogP contribution in [0.5, 0.6) is 5.75 Å². The topological polar surface area (TPSA) is 79.5 Å². The van der Waals surface area contributed by atoms with Gasteiger partial charge in [-0.1, -0.05) is 24.3 Å². The fourth-order valence-electron chi connectivity index (χ4n) is 2.03. The van der Waals surface area contributed by atoms with Gasteiger partial charge < -0.3 is 14.8 Å². The van der Waals surface area contributed by atoms with Gasteiger partial charge in [-0.15, -0.1) is 0 Å². The standard InChI is InChI=1S/C16H11NO4/c18-12-7-4-8-13-14(12)15(19)11(9-21-13)16(20)17-10-5-2-1-3-6-10/h1-9,18H,(H,17,20). The normalized spacial score (nSPS) is 10.5. The van der Waals surface area contributed by atoms with Gasteiger partial charge in [0.05, 0.1) is 0 Å². The number of phenols is 1. The van der Waals surface area contributed by atoms with E-state index in [9.17, 15) is 14.7 Å². The van der Waals surface area contributed by atoms with Gasteiger partial charge in [0.1, 0.15) is 28.5 Å². The van der Waals surface area contributed by atoms with Crippen LogP contribution in [0.25, 0.3) is 11.0 Å². The minimum atomic E-state index is -0.583. The number of anilines is 1. The summed E-state index contributed by atoms with van der Waals surface area (Å²) in [4.78, 5) is 24.4. The zero-order valence-corrected chi connectivity index (χ0v) is 10.9. The number of rotatable bonds is 2. The van der Waals surface area contributed by atoms with Crippen molar-refractivity contribution in [2.24, 2.45) is 0 Å². The molecule has 5 nitrogen and oxygen atoms in total. The maximum Gasteiger partial charge on any atom is 0.262 e. The molecule has 0 aliphatic rings. The Hall–Kier alpha value is -3.08. The minimum absolute atomic E-state index is 0.00166. The molecule has 0 bridgehead atoms. The summed E-state index contributed by atoms with van der Waals surface area (Å²) in [6.07, 6.45) is 1.10. The molecule has 21 heavy (non-hydrogen) atoms. The molecule has 0 aliphatic heterocycles. The SMILES string of the molecule is O=C(Nc1ccccc1)c1coc2cccc(O)c2c1=O. The molecule has 2 aromatic carbocycles. The smallest absolute Gasteiger partial charge is 0.262 e. The molecule has 0 unspecified atom stereocenters. The van der Waals surface area contributed by atoms with Crippen molar-refractivity contribution in [2.75, 3.05) is 5.32 Å². The van der Waals surface area contributed by atoms with Crippen molar-refractivity contribution < 1.29 is 14.3 Å². The molecule has 5 heteroatoms. The predicted molar refractivity (Wildman–Crippen MR) is 78.5 cm³/mol. The molecule has 2 N–H and O–H groups in total. The Morgan fingerprint density at radius 2 is 1.81 bits per heavy atom. The molecular formula is C16H11NO4. The Morgan fingerprint density at radius 3 is 2.57 bits per heavy atom. The average Bonchev–Trinajstić information content (AvgIpc) is 2.48. The molecule has 0 atom stereocenters.